The van der Waals surface area contributed by atoms with E-state index in [4.69, 9.17) is 9.47 Å². The molecule has 0 bridgehead atoms. The summed E-state index contributed by atoms with van der Waals surface area (Å²) in [4.78, 5) is 17.3. The molecule has 1 aromatic heterocycles. The SMILES string of the molecule is COc1ccc(OC)c(C(C)NC(=O)C(C)Sc2nc(-c3ccc(F)cc3)cs2)c1. The van der Waals surface area contributed by atoms with Gasteiger partial charge in [0.05, 0.1) is 31.2 Å². The van der Waals surface area contributed by atoms with Crippen LogP contribution in [0.3, 0.4) is 0 Å². The molecule has 0 saturated heterocycles. The van der Waals surface area contributed by atoms with Gasteiger partial charge in [0, 0.05) is 16.5 Å². The molecule has 1 heterocycles. The van der Waals surface area contributed by atoms with E-state index < -0.39 is 0 Å². The van der Waals surface area contributed by atoms with Crippen LogP contribution in [0, 0.1) is 5.82 Å². The van der Waals surface area contributed by atoms with Gasteiger partial charge in [-0.05, 0) is 56.3 Å². The van der Waals surface area contributed by atoms with Crippen molar-refractivity contribution in [2.75, 3.05) is 14.2 Å². The number of thioether (sulfide) groups is 1. The van der Waals surface area contributed by atoms with E-state index in [-0.39, 0.29) is 23.0 Å². The lowest BCUT2D eigenvalue weighted by Crippen LogP contribution is -2.33. The number of thiazole rings is 1. The summed E-state index contributed by atoms with van der Waals surface area (Å²) in [5.74, 6) is 1.00. The summed E-state index contributed by atoms with van der Waals surface area (Å²) >= 11 is 2.85. The van der Waals surface area contributed by atoms with Crippen molar-refractivity contribution in [1.29, 1.82) is 0 Å². The number of carbonyl (C=O) groups is 1. The number of rotatable bonds is 8. The minimum atomic E-state index is -0.337. The average molecular weight is 447 g/mol. The molecule has 158 valence electrons. The first-order valence-electron chi connectivity index (χ1n) is 9.31. The van der Waals surface area contributed by atoms with Gasteiger partial charge in [-0.3, -0.25) is 4.79 Å². The topological polar surface area (TPSA) is 60.5 Å². The first kappa shape index (κ1) is 22.1. The van der Waals surface area contributed by atoms with Crippen molar-refractivity contribution in [3.63, 3.8) is 0 Å². The fourth-order valence-corrected chi connectivity index (χ4v) is 4.84. The molecule has 1 amide bonds. The lowest BCUT2D eigenvalue weighted by atomic mass is 10.1. The summed E-state index contributed by atoms with van der Waals surface area (Å²) in [5.41, 5.74) is 2.45. The van der Waals surface area contributed by atoms with Crippen LogP contribution in [0.25, 0.3) is 11.3 Å². The molecular formula is C22H23FN2O3S2. The molecule has 0 spiro atoms. The Morgan fingerprint density at radius 2 is 1.87 bits per heavy atom. The lowest BCUT2D eigenvalue weighted by molar-refractivity contribution is -0.120. The number of nitrogens with zero attached hydrogens (tertiary/aromatic N) is 1. The largest absolute Gasteiger partial charge is 0.497 e. The van der Waals surface area contributed by atoms with Gasteiger partial charge in [-0.1, -0.05) is 11.8 Å². The molecule has 1 N–H and O–H groups in total. The van der Waals surface area contributed by atoms with E-state index in [9.17, 15) is 9.18 Å². The van der Waals surface area contributed by atoms with E-state index >= 15 is 0 Å². The zero-order valence-electron chi connectivity index (χ0n) is 17.1. The summed E-state index contributed by atoms with van der Waals surface area (Å²) < 4.78 is 24.6. The van der Waals surface area contributed by atoms with Crippen molar-refractivity contribution in [3.05, 3.63) is 59.2 Å². The third-order valence-corrected chi connectivity index (χ3v) is 6.60. The molecule has 3 aromatic rings. The third-order valence-electron chi connectivity index (χ3n) is 4.53. The van der Waals surface area contributed by atoms with Crippen molar-refractivity contribution in [2.45, 2.75) is 29.5 Å². The number of hydrogen-bond donors (Lipinski definition) is 1. The second-order valence-electron chi connectivity index (χ2n) is 6.60. The predicted molar refractivity (Wildman–Crippen MR) is 119 cm³/mol. The van der Waals surface area contributed by atoms with E-state index in [2.05, 4.69) is 10.3 Å². The fraction of sp³-hybridized carbons (Fsp3) is 0.273. The monoisotopic (exact) mass is 446 g/mol. The highest BCUT2D eigenvalue weighted by Crippen LogP contribution is 2.32. The van der Waals surface area contributed by atoms with E-state index in [1.807, 2.05) is 37.4 Å². The van der Waals surface area contributed by atoms with Crippen LogP contribution in [0.15, 0.2) is 52.2 Å². The first-order chi connectivity index (χ1) is 14.4. The highest BCUT2D eigenvalue weighted by atomic mass is 32.2. The zero-order chi connectivity index (χ0) is 21.7. The van der Waals surface area contributed by atoms with Crippen molar-refractivity contribution < 1.29 is 18.7 Å². The Hall–Kier alpha value is -2.58. The normalized spacial score (nSPS) is 12.8. The molecule has 30 heavy (non-hydrogen) atoms. The Labute approximate surface area is 183 Å². The number of methoxy groups -OCH3 is 2. The summed E-state index contributed by atoms with van der Waals surface area (Å²) in [6.07, 6.45) is 0. The van der Waals surface area contributed by atoms with Gasteiger partial charge in [0.15, 0.2) is 4.34 Å². The van der Waals surface area contributed by atoms with Crippen LogP contribution < -0.4 is 14.8 Å². The zero-order valence-corrected chi connectivity index (χ0v) is 18.8. The van der Waals surface area contributed by atoms with Gasteiger partial charge in [-0.25, -0.2) is 9.37 Å². The van der Waals surface area contributed by atoms with Gasteiger partial charge in [0.2, 0.25) is 5.91 Å². The summed E-state index contributed by atoms with van der Waals surface area (Å²) in [7, 11) is 3.20. The molecule has 0 aliphatic rings. The Kier molecular flexibility index (Phi) is 7.33. The van der Waals surface area contributed by atoms with E-state index in [1.54, 1.807) is 26.4 Å². The number of benzene rings is 2. The van der Waals surface area contributed by atoms with Gasteiger partial charge in [0.25, 0.3) is 0 Å². The summed E-state index contributed by atoms with van der Waals surface area (Å²) in [5, 5.41) is 4.60. The molecule has 5 nitrogen and oxygen atoms in total. The number of amides is 1. The van der Waals surface area contributed by atoms with Crippen LogP contribution in [0.2, 0.25) is 0 Å². The fourth-order valence-electron chi connectivity index (χ4n) is 2.86. The third kappa shape index (κ3) is 5.31. The number of ether oxygens (including phenoxy) is 2. The molecular weight excluding hydrogens is 423 g/mol. The van der Waals surface area contributed by atoms with Crippen LogP contribution in [-0.4, -0.2) is 30.4 Å². The molecule has 8 heteroatoms. The van der Waals surface area contributed by atoms with Crippen LogP contribution in [0.5, 0.6) is 11.5 Å². The number of carbonyl (C=O) groups excluding carboxylic acids is 1. The van der Waals surface area contributed by atoms with E-state index in [0.717, 1.165) is 21.2 Å². The smallest absolute Gasteiger partial charge is 0.233 e. The average Bonchev–Trinajstić information content (AvgIpc) is 3.21. The van der Waals surface area contributed by atoms with Gasteiger partial charge < -0.3 is 14.8 Å². The maximum Gasteiger partial charge on any atom is 0.233 e. The number of hydrogen-bond acceptors (Lipinski definition) is 6. The second kappa shape index (κ2) is 9.95. The highest BCUT2D eigenvalue weighted by Gasteiger charge is 2.21. The number of nitrogens with one attached hydrogen (secondary N) is 1. The molecule has 0 aliphatic heterocycles. The van der Waals surface area contributed by atoms with Gasteiger partial charge in [-0.15, -0.1) is 11.3 Å². The molecule has 2 unspecified atom stereocenters. The number of aromatic nitrogens is 1. The van der Waals surface area contributed by atoms with Gasteiger partial charge in [0.1, 0.15) is 17.3 Å². The quantitative estimate of drug-likeness (QED) is 0.474. The number of halogens is 1. The van der Waals surface area contributed by atoms with Gasteiger partial charge in [-0.2, -0.15) is 0 Å². The minimum Gasteiger partial charge on any atom is -0.497 e. The maximum atomic E-state index is 13.1. The molecule has 0 radical (unpaired) electrons. The second-order valence-corrected chi connectivity index (χ2v) is 9.05. The van der Waals surface area contributed by atoms with Crippen LogP contribution in [0.4, 0.5) is 4.39 Å². The highest BCUT2D eigenvalue weighted by molar-refractivity contribution is 8.02. The predicted octanol–water partition coefficient (Wildman–Crippen LogP) is 5.32. The minimum absolute atomic E-state index is 0.101. The van der Waals surface area contributed by atoms with Crippen molar-refractivity contribution >= 4 is 29.0 Å². The Morgan fingerprint density at radius 3 is 2.53 bits per heavy atom. The maximum absolute atomic E-state index is 13.1. The Morgan fingerprint density at radius 1 is 1.13 bits per heavy atom. The molecule has 2 aromatic carbocycles. The molecule has 0 aliphatic carbocycles. The van der Waals surface area contributed by atoms with E-state index in [1.165, 1.54) is 35.2 Å². The van der Waals surface area contributed by atoms with Crippen LogP contribution in [-0.2, 0) is 4.79 Å². The summed E-state index contributed by atoms with van der Waals surface area (Å²) in [6.45, 7) is 3.75. The van der Waals surface area contributed by atoms with Crippen LogP contribution in [0.1, 0.15) is 25.5 Å². The Balaban J connectivity index is 1.64. The van der Waals surface area contributed by atoms with Crippen LogP contribution >= 0.6 is 23.1 Å². The molecule has 0 saturated carbocycles. The molecule has 0 fully saturated rings. The lowest BCUT2D eigenvalue weighted by Gasteiger charge is -2.20. The van der Waals surface area contributed by atoms with Gasteiger partial charge >= 0.3 is 0 Å². The Bertz CT molecular complexity index is 1010. The molecule has 2 atom stereocenters. The standard InChI is InChI=1S/C22H23FN2O3S2/c1-13(18-11-17(27-3)9-10-20(18)28-4)24-21(26)14(2)30-22-25-19(12-29-22)15-5-7-16(23)8-6-15/h5-14H,1-4H3,(H,24,26). The van der Waals surface area contributed by atoms with Crippen molar-refractivity contribution in [2.24, 2.45) is 0 Å². The first-order valence-corrected chi connectivity index (χ1v) is 11.1. The van der Waals surface area contributed by atoms with Crippen molar-refractivity contribution in [1.82, 2.24) is 10.3 Å². The van der Waals surface area contributed by atoms with E-state index in [0.29, 0.717) is 11.5 Å². The molecule has 3 rings (SSSR count). The summed E-state index contributed by atoms with van der Waals surface area (Å²) in [6, 6.07) is 11.4. The van der Waals surface area contributed by atoms with Crippen molar-refractivity contribution in [3.8, 4) is 22.8 Å².